The van der Waals surface area contributed by atoms with Crippen molar-refractivity contribution in [3.8, 4) is 5.75 Å². The second-order valence-electron chi connectivity index (χ2n) is 7.79. The normalized spacial score (nSPS) is 12.4. The molecule has 2 aromatic carbocycles. The Kier molecular flexibility index (Phi) is 11.0. The van der Waals surface area contributed by atoms with Crippen LogP contribution in [0, 0.1) is 0 Å². The van der Waals surface area contributed by atoms with E-state index in [2.05, 4.69) is 16.0 Å². The molecule has 0 radical (unpaired) electrons. The van der Waals surface area contributed by atoms with Gasteiger partial charge in [-0.2, -0.15) is 0 Å². The van der Waals surface area contributed by atoms with E-state index in [1.165, 1.54) is 0 Å². The van der Waals surface area contributed by atoms with Crippen molar-refractivity contribution in [2.24, 2.45) is 0 Å². The summed E-state index contributed by atoms with van der Waals surface area (Å²) in [4.78, 5) is 37.7. The molecule has 0 unspecified atom stereocenters. The van der Waals surface area contributed by atoms with Crippen LogP contribution < -0.4 is 20.7 Å². The fourth-order valence-corrected chi connectivity index (χ4v) is 3.44. The highest BCUT2D eigenvalue weighted by Gasteiger charge is 2.28. The van der Waals surface area contributed by atoms with Crippen LogP contribution in [0.5, 0.6) is 5.75 Å². The van der Waals surface area contributed by atoms with Gasteiger partial charge in [0.1, 0.15) is 24.4 Å². The maximum Gasteiger partial charge on any atom is 0.328 e. The van der Waals surface area contributed by atoms with Crippen LogP contribution in [0.1, 0.15) is 34.8 Å². The molecule has 0 aliphatic heterocycles. The molecule has 9 nitrogen and oxygen atoms in total. The summed E-state index contributed by atoms with van der Waals surface area (Å²) < 4.78 is 5.82. The number of rotatable bonds is 14. The lowest BCUT2D eigenvalue weighted by atomic mass is 9.99. The van der Waals surface area contributed by atoms with Crippen LogP contribution in [-0.2, 0) is 22.4 Å². The Hall–Kier alpha value is -3.43. The second-order valence-corrected chi connectivity index (χ2v) is 7.79. The highest BCUT2D eigenvalue weighted by Crippen LogP contribution is 2.24. The van der Waals surface area contributed by atoms with Crippen LogP contribution in [0.15, 0.2) is 48.5 Å². The maximum absolute atomic E-state index is 13.4. The zero-order chi connectivity index (χ0) is 24.9. The van der Waals surface area contributed by atoms with Crippen LogP contribution in [0.25, 0.3) is 0 Å². The van der Waals surface area contributed by atoms with E-state index < -0.39 is 36.5 Å². The number of hydrogen-bond donors (Lipinski definition) is 5. The van der Waals surface area contributed by atoms with Gasteiger partial charge in [-0.1, -0.05) is 55.8 Å². The van der Waals surface area contributed by atoms with Gasteiger partial charge in [-0.15, -0.1) is 0 Å². The molecule has 0 fully saturated rings. The molecule has 0 aromatic heterocycles. The van der Waals surface area contributed by atoms with Crippen LogP contribution in [0.4, 0.5) is 0 Å². The number of carbonyl (C=O) groups excluding carboxylic acids is 2. The number of carbonyl (C=O) groups is 3. The van der Waals surface area contributed by atoms with E-state index in [1.807, 2.05) is 49.4 Å². The van der Waals surface area contributed by atoms with E-state index in [-0.39, 0.29) is 6.42 Å². The number of aliphatic hydroxyl groups is 1. The zero-order valence-electron chi connectivity index (χ0n) is 19.5. The van der Waals surface area contributed by atoms with Gasteiger partial charge in [0, 0.05) is 13.0 Å². The number of amides is 2. The van der Waals surface area contributed by atoms with E-state index in [0.29, 0.717) is 30.9 Å². The van der Waals surface area contributed by atoms with Crippen LogP contribution in [0.2, 0.25) is 0 Å². The summed E-state index contributed by atoms with van der Waals surface area (Å²) in [6, 6.07) is 11.9. The van der Waals surface area contributed by atoms with Gasteiger partial charge < -0.3 is 30.9 Å². The summed E-state index contributed by atoms with van der Waals surface area (Å²) in [6.07, 6.45) is 1.60. The number of aliphatic carboxylic acids is 1. The first-order chi connectivity index (χ1) is 16.4. The third-order valence-electron chi connectivity index (χ3n) is 5.17. The molecule has 5 N–H and O–H groups in total. The minimum Gasteiger partial charge on any atom is -0.491 e. The summed E-state index contributed by atoms with van der Waals surface area (Å²) in [7, 11) is 1.80. The van der Waals surface area contributed by atoms with Crippen LogP contribution in [0.3, 0.4) is 0 Å². The predicted molar refractivity (Wildman–Crippen MR) is 128 cm³/mol. The summed E-state index contributed by atoms with van der Waals surface area (Å²) in [5.41, 5.74) is 1.93. The summed E-state index contributed by atoms with van der Waals surface area (Å²) in [5.74, 6) is -2.15. The molecule has 2 aromatic rings. The first-order valence-electron chi connectivity index (χ1n) is 11.3. The average Bonchev–Trinajstić information content (AvgIpc) is 2.82. The number of aliphatic hydroxyl groups excluding tert-OH is 1. The quantitative estimate of drug-likeness (QED) is 0.261. The Morgan fingerprint density at radius 3 is 2.35 bits per heavy atom. The molecular weight excluding hydrogens is 438 g/mol. The molecule has 2 rings (SSSR count). The van der Waals surface area contributed by atoms with Gasteiger partial charge >= 0.3 is 5.97 Å². The number of carboxylic acid groups (broad SMARTS) is 1. The highest BCUT2D eigenvalue weighted by molar-refractivity contribution is 6.01. The predicted octanol–water partition coefficient (Wildman–Crippen LogP) is 1.14. The molecule has 0 bridgehead atoms. The van der Waals surface area contributed by atoms with E-state index >= 15 is 0 Å². The third-order valence-corrected chi connectivity index (χ3v) is 5.17. The molecular formula is C25H33N3O6. The zero-order valence-corrected chi connectivity index (χ0v) is 19.5. The lowest BCUT2D eigenvalue weighted by molar-refractivity contribution is -0.143. The SMILES string of the molecule is CCCc1cccc(OCCNC)c1C(=O)N[C@@H](Cc1ccccc1)C(=O)N[C@@H](CO)C(=O)O. The van der Waals surface area contributed by atoms with Crippen molar-refractivity contribution in [1.29, 1.82) is 0 Å². The molecule has 0 saturated carbocycles. The lowest BCUT2D eigenvalue weighted by Crippen LogP contribution is -2.53. The number of likely N-dealkylation sites (N-methyl/N-ethyl adjacent to an activating group) is 1. The van der Waals surface area contributed by atoms with E-state index in [4.69, 9.17) is 4.74 Å². The van der Waals surface area contributed by atoms with Gasteiger partial charge in [-0.05, 0) is 30.7 Å². The molecule has 2 atom stereocenters. The van der Waals surface area contributed by atoms with Crippen molar-refractivity contribution in [1.82, 2.24) is 16.0 Å². The number of carboxylic acids is 1. The van der Waals surface area contributed by atoms with Gasteiger partial charge in [0.2, 0.25) is 5.91 Å². The van der Waals surface area contributed by atoms with E-state index in [9.17, 15) is 24.6 Å². The average molecular weight is 472 g/mol. The number of nitrogens with one attached hydrogen (secondary N) is 3. The number of benzene rings is 2. The van der Waals surface area contributed by atoms with Crippen molar-refractivity contribution in [2.45, 2.75) is 38.3 Å². The van der Waals surface area contributed by atoms with Gasteiger partial charge in [-0.25, -0.2) is 4.79 Å². The maximum atomic E-state index is 13.4. The fraction of sp³-hybridized carbons (Fsp3) is 0.400. The first-order valence-corrected chi connectivity index (χ1v) is 11.3. The van der Waals surface area contributed by atoms with Crippen LogP contribution >= 0.6 is 0 Å². The van der Waals surface area contributed by atoms with Gasteiger partial charge in [0.05, 0.1) is 12.2 Å². The number of aryl methyl sites for hydroxylation is 1. The Morgan fingerprint density at radius 2 is 1.74 bits per heavy atom. The molecule has 0 saturated heterocycles. The van der Waals surface area contributed by atoms with Crippen molar-refractivity contribution in [3.05, 3.63) is 65.2 Å². The molecule has 2 amide bonds. The molecule has 34 heavy (non-hydrogen) atoms. The first kappa shape index (κ1) is 26.8. The minimum atomic E-state index is -1.48. The van der Waals surface area contributed by atoms with Crippen molar-refractivity contribution in [2.75, 3.05) is 26.8 Å². The molecule has 184 valence electrons. The van der Waals surface area contributed by atoms with Crippen molar-refractivity contribution < 1.29 is 29.3 Å². The Labute approximate surface area is 199 Å². The van der Waals surface area contributed by atoms with Crippen molar-refractivity contribution >= 4 is 17.8 Å². The standard InChI is InChI=1S/C25H33N3O6/c1-3-8-18-11-7-12-21(34-14-13-26-2)22(18)24(31)27-19(15-17-9-5-4-6-10-17)23(30)28-20(16-29)25(32)33/h4-7,9-12,19-20,26,29H,3,8,13-16H2,1-2H3,(H,27,31)(H,28,30)(H,32,33)/t19-,20-/m0/s1. The van der Waals surface area contributed by atoms with E-state index in [0.717, 1.165) is 17.5 Å². The highest BCUT2D eigenvalue weighted by atomic mass is 16.5. The molecule has 9 heteroatoms. The monoisotopic (exact) mass is 471 g/mol. The topological polar surface area (TPSA) is 137 Å². The minimum absolute atomic E-state index is 0.141. The lowest BCUT2D eigenvalue weighted by Gasteiger charge is -2.22. The van der Waals surface area contributed by atoms with E-state index in [1.54, 1.807) is 13.1 Å². The number of ether oxygens (including phenoxy) is 1. The summed E-state index contributed by atoms with van der Waals surface area (Å²) in [5, 5.41) is 26.6. The fourth-order valence-electron chi connectivity index (χ4n) is 3.44. The van der Waals surface area contributed by atoms with Gasteiger partial charge in [-0.3, -0.25) is 9.59 Å². The smallest absolute Gasteiger partial charge is 0.328 e. The summed E-state index contributed by atoms with van der Waals surface area (Å²) >= 11 is 0. The summed E-state index contributed by atoms with van der Waals surface area (Å²) in [6.45, 7) is 2.19. The molecule has 0 aliphatic carbocycles. The Morgan fingerprint density at radius 1 is 1.00 bits per heavy atom. The molecule has 0 heterocycles. The van der Waals surface area contributed by atoms with Crippen molar-refractivity contribution in [3.63, 3.8) is 0 Å². The molecule has 0 aliphatic rings. The van der Waals surface area contributed by atoms with Gasteiger partial charge in [0.25, 0.3) is 5.91 Å². The Balaban J connectivity index is 2.34. The molecule has 0 spiro atoms. The largest absolute Gasteiger partial charge is 0.491 e. The second kappa shape index (κ2) is 14.0. The Bertz CT molecular complexity index is 951. The number of hydrogen-bond acceptors (Lipinski definition) is 6. The van der Waals surface area contributed by atoms with Gasteiger partial charge in [0.15, 0.2) is 0 Å². The third kappa shape index (κ3) is 7.86. The van der Waals surface area contributed by atoms with Crippen LogP contribution in [-0.4, -0.2) is 66.9 Å².